The number of carbonyl (C=O) groups is 1. The minimum absolute atomic E-state index is 0.0883. The van der Waals surface area contributed by atoms with Gasteiger partial charge in [-0.3, -0.25) is 4.79 Å². The number of hydrogen-bond acceptors (Lipinski definition) is 4. The molecule has 158 valence electrons. The van der Waals surface area contributed by atoms with Crippen molar-refractivity contribution >= 4 is 17.8 Å². The first-order valence-corrected chi connectivity index (χ1v) is 10.6. The second-order valence-corrected chi connectivity index (χ2v) is 7.71. The highest BCUT2D eigenvalue weighted by Crippen LogP contribution is 2.25. The van der Waals surface area contributed by atoms with Crippen molar-refractivity contribution in [2.45, 2.75) is 19.8 Å². The first-order chi connectivity index (χ1) is 15.2. The van der Waals surface area contributed by atoms with E-state index in [1.54, 1.807) is 6.21 Å². The first-order valence-electron chi connectivity index (χ1n) is 10.6. The van der Waals surface area contributed by atoms with Gasteiger partial charge < -0.3 is 9.64 Å². The first kappa shape index (κ1) is 20.7. The molecular formula is C26H27N3O2. The predicted octanol–water partition coefficient (Wildman–Crippen LogP) is 4.79. The van der Waals surface area contributed by atoms with Crippen molar-refractivity contribution in [1.29, 1.82) is 0 Å². The maximum absolute atomic E-state index is 12.0. The maximum atomic E-state index is 12.0. The fourth-order valence-electron chi connectivity index (χ4n) is 3.81. The number of nitrogens with zero attached hydrogens (tertiary/aromatic N) is 2. The Morgan fingerprint density at radius 2 is 1.71 bits per heavy atom. The Bertz CT molecular complexity index is 1040. The number of benzene rings is 3. The molecule has 0 bridgehead atoms. The van der Waals surface area contributed by atoms with Crippen LogP contribution in [0.2, 0.25) is 0 Å². The lowest BCUT2D eigenvalue weighted by molar-refractivity contribution is -0.123. The van der Waals surface area contributed by atoms with E-state index in [-0.39, 0.29) is 12.5 Å². The van der Waals surface area contributed by atoms with Gasteiger partial charge in [0, 0.05) is 18.8 Å². The van der Waals surface area contributed by atoms with E-state index in [0.717, 1.165) is 29.8 Å². The van der Waals surface area contributed by atoms with Crippen LogP contribution in [0.25, 0.3) is 11.1 Å². The summed E-state index contributed by atoms with van der Waals surface area (Å²) in [6.07, 6.45) is 4.18. The zero-order valence-corrected chi connectivity index (χ0v) is 17.8. The van der Waals surface area contributed by atoms with Crippen LogP contribution in [-0.2, 0) is 4.79 Å². The van der Waals surface area contributed by atoms with Crippen molar-refractivity contribution in [3.8, 4) is 16.9 Å². The van der Waals surface area contributed by atoms with Gasteiger partial charge in [0.25, 0.3) is 5.91 Å². The Balaban J connectivity index is 1.25. The number of hydrazone groups is 1. The Hall–Kier alpha value is -3.60. The molecule has 0 aliphatic carbocycles. The molecule has 0 radical (unpaired) electrons. The molecule has 4 rings (SSSR count). The lowest BCUT2D eigenvalue weighted by atomic mass is 10.1. The van der Waals surface area contributed by atoms with Crippen molar-refractivity contribution in [3.05, 3.63) is 83.9 Å². The van der Waals surface area contributed by atoms with Gasteiger partial charge in [-0.15, -0.1) is 0 Å². The molecule has 3 aromatic rings. The summed E-state index contributed by atoms with van der Waals surface area (Å²) in [4.78, 5) is 14.5. The molecule has 0 atom stereocenters. The largest absolute Gasteiger partial charge is 0.484 e. The van der Waals surface area contributed by atoms with E-state index < -0.39 is 0 Å². The van der Waals surface area contributed by atoms with Crippen LogP contribution in [0.4, 0.5) is 5.69 Å². The van der Waals surface area contributed by atoms with E-state index in [9.17, 15) is 4.79 Å². The number of amides is 1. The van der Waals surface area contributed by atoms with E-state index in [4.69, 9.17) is 4.74 Å². The standard InChI is InChI=1S/C26H27N3O2/c1-20-17-21(9-14-25(20)29-15-5-6-16-29)18-27-28-26(30)19-31-24-12-10-23(11-13-24)22-7-3-2-4-8-22/h2-4,7-14,17-18H,5-6,15-16,19H2,1H3,(H,28,30). The summed E-state index contributed by atoms with van der Waals surface area (Å²) in [6.45, 7) is 4.27. The average Bonchev–Trinajstić information content (AvgIpc) is 3.33. The van der Waals surface area contributed by atoms with Crippen LogP contribution in [0, 0.1) is 6.92 Å². The fraction of sp³-hybridized carbons (Fsp3) is 0.231. The smallest absolute Gasteiger partial charge is 0.277 e. The monoisotopic (exact) mass is 413 g/mol. The lowest BCUT2D eigenvalue weighted by Gasteiger charge is -2.20. The van der Waals surface area contributed by atoms with Gasteiger partial charge in [-0.05, 0) is 66.3 Å². The van der Waals surface area contributed by atoms with Crippen molar-refractivity contribution < 1.29 is 9.53 Å². The van der Waals surface area contributed by atoms with Gasteiger partial charge in [0.2, 0.25) is 0 Å². The van der Waals surface area contributed by atoms with Crippen LogP contribution in [0.1, 0.15) is 24.0 Å². The summed E-state index contributed by atoms with van der Waals surface area (Å²) in [5, 5.41) is 4.06. The van der Waals surface area contributed by atoms with Crippen LogP contribution in [0.15, 0.2) is 77.9 Å². The number of anilines is 1. The van der Waals surface area contributed by atoms with Crippen molar-refractivity contribution in [2.75, 3.05) is 24.6 Å². The Morgan fingerprint density at radius 3 is 2.42 bits per heavy atom. The third kappa shape index (κ3) is 5.51. The quantitative estimate of drug-likeness (QED) is 0.448. The third-order valence-electron chi connectivity index (χ3n) is 5.40. The second-order valence-electron chi connectivity index (χ2n) is 7.71. The van der Waals surface area contributed by atoms with Gasteiger partial charge >= 0.3 is 0 Å². The average molecular weight is 414 g/mol. The molecule has 1 aliphatic heterocycles. The number of nitrogens with one attached hydrogen (secondary N) is 1. The number of carbonyl (C=O) groups excluding carboxylic acids is 1. The molecule has 3 aromatic carbocycles. The van der Waals surface area contributed by atoms with Gasteiger partial charge in [0.1, 0.15) is 5.75 Å². The second kappa shape index (κ2) is 9.94. The summed E-state index contributed by atoms with van der Waals surface area (Å²) in [5.74, 6) is 0.348. The Labute approximate surface area is 183 Å². The summed E-state index contributed by atoms with van der Waals surface area (Å²) >= 11 is 0. The molecule has 0 aromatic heterocycles. The Kier molecular flexibility index (Phi) is 6.62. The number of rotatable bonds is 7. The molecule has 1 saturated heterocycles. The summed E-state index contributed by atoms with van der Waals surface area (Å²) < 4.78 is 5.56. The van der Waals surface area contributed by atoms with Crippen LogP contribution in [0.5, 0.6) is 5.75 Å². The van der Waals surface area contributed by atoms with Crippen LogP contribution in [0.3, 0.4) is 0 Å². The van der Waals surface area contributed by atoms with Crippen molar-refractivity contribution in [2.24, 2.45) is 5.10 Å². The predicted molar refractivity (Wildman–Crippen MR) is 126 cm³/mol. The van der Waals surface area contributed by atoms with E-state index in [0.29, 0.717) is 5.75 Å². The number of hydrogen-bond donors (Lipinski definition) is 1. The molecule has 0 spiro atoms. The van der Waals surface area contributed by atoms with Crippen LogP contribution in [-0.4, -0.2) is 31.8 Å². The van der Waals surface area contributed by atoms with Crippen molar-refractivity contribution in [3.63, 3.8) is 0 Å². The minimum Gasteiger partial charge on any atom is -0.484 e. The molecule has 1 aliphatic rings. The summed E-state index contributed by atoms with van der Waals surface area (Å²) in [6, 6.07) is 24.1. The van der Waals surface area contributed by atoms with Gasteiger partial charge in [-0.25, -0.2) is 5.43 Å². The zero-order valence-electron chi connectivity index (χ0n) is 17.8. The molecule has 1 N–H and O–H groups in total. The van der Waals surface area contributed by atoms with Gasteiger partial charge in [-0.1, -0.05) is 48.5 Å². The molecule has 5 nitrogen and oxygen atoms in total. The minimum atomic E-state index is -0.297. The molecule has 0 unspecified atom stereocenters. The molecule has 1 fully saturated rings. The molecule has 0 saturated carbocycles. The van der Waals surface area contributed by atoms with Crippen molar-refractivity contribution in [1.82, 2.24) is 5.43 Å². The van der Waals surface area contributed by atoms with Gasteiger partial charge in [-0.2, -0.15) is 5.10 Å². The zero-order chi connectivity index (χ0) is 21.5. The number of aryl methyl sites for hydroxylation is 1. The molecule has 1 amide bonds. The normalized spacial score (nSPS) is 13.5. The summed E-state index contributed by atoms with van der Waals surface area (Å²) in [5.41, 5.74) is 8.23. The fourth-order valence-corrected chi connectivity index (χ4v) is 3.81. The summed E-state index contributed by atoms with van der Waals surface area (Å²) in [7, 11) is 0. The van der Waals surface area contributed by atoms with Crippen LogP contribution < -0.4 is 15.1 Å². The lowest BCUT2D eigenvalue weighted by Crippen LogP contribution is -2.24. The highest BCUT2D eigenvalue weighted by molar-refractivity contribution is 5.84. The van der Waals surface area contributed by atoms with Crippen LogP contribution >= 0.6 is 0 Å². The van der Waals surface area contributed by atoms with Gasteiger partial charge in [0.15, 0.2) is 6.61 Å². The Morgan fingerprint density at radius 1 is 1.00 bits per heavy atom. The highest BCUT2D eigenvalue weighted by atomic mass is 16.5. The third-order valence-corrected chi connectivity index (χ3v) is 5.40. The molecule has 31 heavy (non-hydrogen) atoms. The molecule has 1 heterocycles. The van der Waals surface area contributed by atoms with E-state index >= 15 is 0 Å². The van der Waals surface area contributed by atoms with E-state index in [1.165, 1.54) is 24.1 Å². The topological polar surface area (TPSA) is 53.9 Å². The van der Waals surface area contributed by atoms with E-state index in [2.05, 4.69) is 46.6 Å². The molecule has 5 heteroatoms. The maximum Gasteiger partial charge on any atom is 0.277 e. The number of ether oxygens (including phenoxy) is 1. The molecular weight excluding hydrogens is 386 g/mol. The van der Waals surface area contributed by atoms with E-state index in [1.807, 2.05) is 48.5 Å². The van der Waals surface area contributed by atoms with Gasteiger partial charge in [0.05, 0.1) is 6.21 Å². The highest BCUT2D eigenvalue weighted by Gasteiger charge is 2.14. The SMILES string of the molecule is Cc1cc(C=NNC(=O)COc2ccc(-c3ccccc3)cc2)ccc1N1CCCC1.